The van der Waals surface area contributed by atoms with Crippen LogP contribution in [-0.4, -0.2) is 43.2 Å². The minimum atomic E-state index is -0.535. The van der Waals surface area contributed by atoms with Crippen LogP contribution in [0.5, 0.6) is 0 Å². The van der Waals surface area contributed by atoms with E-state index in [4.69, 9.17) is 4.74 Å². The summed E-state index contributed by atoms with van der Waals surface area (Å²) >= 11 is 1.77. The van der Waals surface area contributed by atoms with Gasteiger partial charge >= 0.3 is 0 Å². The minimum Gasteiger partial charge on any atom is -0.379 e. The van der Waals surface area contributed by atoms with Crippen molar-refractivity contribution >= 4 is 17.7 Å². The first-order valence-corrected chi connectivity index (χ1v) is 15.6. The van der Waals surface area contributed by atoms with Crippen LogP contribution in [0.15, 0.2) is 144 Å². The Morgan fingerprint density at radius 3 is 1.93 bits per heavy atom. The number of hydrogen-bond donors (Lipinski definition) is 1. The van der Waals surface area contributed by atoms with Gasteiger partial charge in [-0.05, 0) is 34.4 Å². The number of rotatable bonds is 9. The van der Waals surface area contributed by atoms with Crippen molar-refractivity contribution in [2.75, 3.05) is 26.3 Å². The molecule has 1 atom stereocenters. The molecule has 43 heavy (non-hydrogen) atoms. The summed E-state index contributed by atoms with van der Waals surface area (Å²) in [5.41, 5.74) is 4.87. The van der Waals surface area contributed by atoms with E-state index in [2.05, 4.69) is 95.1 Å². The van der Waals surface area contributed by atoms with E-state index in [1.807, 2.05) is 36.4 Å². The average molecular weight is 591 g/mol. The number of halogens is 1. The quantitative estimate of drug-likeness (QED) is 0.164. The molecule has 218 valence electrons. The van der Waals surface area contributed by atoms with Gasteiger partial charge in [0.15, 0.2) is 0 Å². The lowest BCUT2D eigenvalue weighted by atomic mass is 9.84. The fourth-order valence-corrected chi connectivity index (χ4v) is 7.42. The number of benzene rings is 4. The fraction of sp³-hybridized carbons (Fsp3) is 0.216. The molecule has 0 saturated carbocycles. The topological polar surface area (TPSA) is 41.6 Å². The predicted octanol–water partition coefficient (Wildman–Crippen LogP) is 7.27. The second kappa shape index (κ2) is 13.6. The maximum Gasteiger partial charge on any atom is 0.251 e. The maximum atomic E-state index is 14.7. The molecule has 1 aliphatic carbocycles. The van der Waals surface area contributed by atoms with Crippen LogP contribution >= 0.6 is 11.8 Å². The molecule has 1 fully saturated rings. The molecule has 4 nitrogen and oxygen atoms in total. The van der Waals surface area contributed by atoms with E-state index in [9.17, 15) is 9.18 Å². The molecule has 1 unspecified atom stereocenters. The predicted molar refractivity (Wildman–Crippen MR) is 171 cm³/mol. The molecular weight excluding hydrogens is 555 g/mol. The SMILES string of the molecule is O=C(NCc1ccccc1SC(c1ccccc1)(c1ccccc1)c1ccccc1)C1=CC(N2CCOCC2)CC(F)=C1. The third-order valence-corrected chi connectivity index (χ3v) is 9.71. The van der Waals surface area contributed by atoms with Crippen LogP contribution in [0.3, 0.4) is 0 Å². The number of morpholine rings is 1. The van der Waals surface area contributed by atoms with Gasteiger partial charge in [0.2, 0.25) is 0 Å². The molecule has 1 amide bonds. The zero-order chi connectivity index (χ0) is 29.5. The summed E-state index contributed by atoms with van der Waals surface area (Å²) < 4.78 is 19.6. The third kappa shape index (κ3) is 6.52. The van der Waals surface area contributed by atoms with Crippen molar-refractivity contribution in [1.82, 2.24) is 10.2 Å². The summed E-state index contributed by atoms with van der Waals surface area (Å²) in [6, 6.07) is 39.7. The number of thioether (sulfide) groups is 1. The summed E-state index contributed by atoms with van der Waals surface area (Å²) in [6.45, 7) is 3.05. The molecule has 0 spiro atoms. The number of carbonyl (C=O) groups excluding carboxylic acids is 1. The number of ether oxygens (including phenoxy) is 1. The zero-order valence-electron chi connectivity index (χ0n) is 24.0. The molecule has 0 radical (unpaired) electrons. The summed E-state index contributed by atoms with van der Waals surface area (Å²) in [5.74, 6) is -0.535. The Bertz CT molecular complexity index is 1490. The Kier molecular flexibility index (Phi) is 9.18. The maximum absolute atomic E-state index is 14.7. The van der Waals surface area contributed by atoms with E-state index in [1.54, 1.807) is 11.8 Å². The number of nitrogens with zero attached hydrogens (tertiary/aromatic N) is 1. The van der Waals surface area contributed by atoms with E-state index < -0.39 is 4.75 Å². The molecule has 1 aliphatic heterocycles. The molecule has 2 aliphatic rings. The van der Waals surface area contributed by atoms with Crippen molar-refractivity contribution in [2.24, 2.45) is 0 Å². The molecular formula is C37H35FN2O2S. The second-order valence-corrected chi connectivity index (χ2v) is 12.1. The highest BCUT2D eigenvalue weighted by atomic mass is 32.2. The van der Waals surface area contributed by atoms with Gasteiger partial charge in [0.05, 0.1) is 18.0 Å². The molecule has 6 rings (SSSR count). The van der Waals surface area contributed by atoms with Gasteiger partial charge in [-0.2, -0.15) is 0 Å². The Labute approximate surface area is 257 Å². The summed E-state index contributed by atoms with van der Waals surface area (Å²) in [4.78, 5) is 16.6. The third-order valence-electron chi connectivity index (χ3n) is 8.08. The lowest BCUT2D eigenvalue weighted by Gasteiger charge is -2.36. The normalized spacial score (nSPS) is 17.6. The van der Waals surface area contributed by atoms with Crippen molar-refractivity contribution < 1.29 is 13.9 Å². The van der Waals surface area contributed by atoms with Crippen LogP contribution < -0.4 is 5.32 Å². The highest BCUT2D eigenvalue weighted by Crippen LogP contribution is 2.52. The van der Waals surface area contributed by atoms with E-state index in [-0.39, 0.29) is 24.2 Å². The van der Waals surface area contributed by atoms with E-state index in [1.165, 1.54) is 22.8 Å². The van der Waals surface area contributed by atoms with Gasteiger partial charge in [-0.15, -0.1) is 11.8 Å². The van der Waals surface area contributed by atoms with Crippen LogP contribution in [0.2, 0.25) is 0 Å². The van der Waals surface area contributed by atoms with Gasteiger partial charge in [-0.1, -0.05) is 115 Å². The average Bonchev–Trinajstić information content (AvgIpc) is 3.08. The molecule has 6 heteroatoms. The molecule has 0 bridgehead atoms. The Morgan fingerprint density at radius 2 is 1.35 bits per heavy atom. The van der Waals surface area contributed by atoms with Gasteiger partial charge in [0, 0.05) is 42.6 Å². The lowest BCUT2D eigenvalue weighted by Crippen LogP contribution is -2.43. The van der Waals surface area contributed by atoms with Gasteiger partial charge in [0.25, 0.3) is 5.91 Å². The van der Waals surface area contributed by atoms with Crippen molar-refractivity contribution in [3.05, 3.63) is 161 Å². The van der Waals surface area contributed by atoms with Crippen LogP contribution in [0.25, 0.3) is 0 Å². The minimum absolute atomic E-state index is 0.138. The van der Waals surface area contributed by atoms with Gasteiger partial charge < -0.3 is 10.1 Å². The molecule has 0 aromatic heterocycles. The van der Waals surface area contributed by atoms with Crippen molar-refractivity contribution in [1.29, 1.82) is 0 Å². The van der Waals surface area contributed by atoms with Crippen LogP contribution in [0.1, 0.15) is 28.7 Å². The number of hydrogen-bond acceptors (Lipinski definition) is 4. The zero-order valence-corrected chi connectivity index (χ0v) is 24.8. The Hall–Kier alpha value is -3.97. The summed E-state index contributed by atoms with van der Waals surface area (Å²) in [7, 11) is 0. The molecule has 1 N–H and O–H groups in total. The van der Waals surface area contributed by atoms with Gasteiger partial charge in [-0.3, -0.25) is 9.69 Å². The van der Waals surface area contributed by atoms with Crippen molar-refractivity contribution in [3.8, 4) is 0 Å². The molecule has 1 heterocycles. The summed E-state index contributed by atoms with van der Waals surface area (Å²) in [6.07, 6.45) is 3.56. The van der Waals surface area contributed by atoms with Gasteiger partial charge in [0.1, 0.15) is 5.83 Å². The van der Waals surface area contributed by atoms with Gasteiger partial charge in [-0.25, -0.2) is 4.39 Å². The molecule has 4 aromatic carbocycles. The van der Waals surface area contributed by atoms with Crippen LogP contribution in [-0.2, 0) is 20.8 Å². The standard InChI is InChI=1S/C37H35FN2O2S/c38-33-24-29(25-34(26-33)40-20-22-42-23-21-40)36(41)39-27-28-12-10-11-19-35(28)43-37(30-13-4-1-5-14-30,31-15-6-2-7-16-31)32-17-8-3-9-18-32/h1-19,24-25,34H,20-23,26-27H2,(H,39,41). The first-order valence-electron chi connectivity index (χ1n) is 14.7. The highest BCUT2D eigenvalue weighted by molar-refractivity contribution is 8.00. The van der Waals surface area contributed by atoms with Crippen molar-refractivity contribution in [3.63, 3.8) is 0 Å². The Morgan fingerprint density at radius 1 is 0.814 bits per heavy atom. The fourth-order valence-electron chi connectivity index (χ4n) is 5.91. The van der Waals surface area contributed by atoms with Crippen LogP contribution in [0, 0.1) is 0 Å². The first kappa shape index (κ1) is 29.1. The highest BCUT2D eigenvalue weighted by Gasteiger charge is 2.38. The van der Waals surface area contributed by atoms with Crippen LogP contribution in [0.4, 0.5) is 4.39 Å². The van der Waals surface area contributed by atoms with E-state index >= 15 is 0 Å². The largest absolute Gasteiger partial charge is 0.379 e. The molecule has 4 aromatic rings. The number of nitrogens with one attached hydrogen (secondary N) is 1. The lowest BCUT2D eigenvalue weighted by molar-refractivity contribution is -0.117. The first-order chi connectivity index (χ1) is 21.1. The van der Waals surface area contributed by atoms with E-state index in [0.717, 1.165) is 23.5 Å². The second-order valence-electron chi connectivity index (χ2n) is 10.8. The number of carbonyl (C=O) groups is 1. The van der Waals surface area contributed by atoms with E-state index in [0.29, 0.717) is 25.3 Å². The monoisotopic (exact) mass is 590 g/mol. The Balaban J connectivity index is 1.31. The molecule has 1 saturated heterocycles. The summed E-state index contributed by atoms with van der Waals surface area (Å²) in [5, 5.41) is 3.08. The smallest absolute Gasteiger partial charge is 0.251 e. The van der Waals surface area contributed by atoms with Crippen molar-refractivity contribution in [2.45, 2.75) is 28.6 Å². The number of amides is 1.